The van der Waals surface area contributed by atoms with Crippen molar-refractivity contribution in [2.75, 3.05) is 0 Å². The lowest BCUT2D eigenvalue weighted by atomic mass is 10.3. The lowest BCUT2D eigenvalue weighted by Crippen LogP contribution is -1.83. The van der Waals surface area contributed by atoms with Crippen molar-refractivity contribution in [2.24, 2.45) is 0 Å². The molecule has 3 heteroatoms. The number of aromatic nitrogens is 2. The fourth-order valence-corrected chi connectivity index (χ4v) is 0.705. The number of carbonyl (C=O) groups excluding carboxylic acids is 1. The Morgan fingerprint density at radius 2 is 2.50 bits per heavy atom. The molecule has 1 aromatic rings. The van der Waals surface area contributed by atoms with E-state index in [1.807, 2.05) is 0 Å². The van der Waals surface area contributed by atoms with Gasteiger partial charge in [0.05, 0.1) is 11.3 Å². The van der Waals surface area contributed by atoms with Crippen LogP contribution >= 0.6 is 0 Å². The Morgan fingerprint density at radius 3 is 2.80 bits per heavy atom. The van der Waals surface area contributed by atoms with Gasteiger partial charge in [-0.05, 0) is 6.92 Å². The molecule has 10 heavy (non-hydrogen) atoms. The molecule has 1 heterocycles. The van der Waals surface area contributed by atoms with Crippen LogP contribution in [0.1, 0.15) is 16.1 Å². The molecule has 0 aromatic carbocycles. The maximum Gasteiger partial charge on any atom is 0.153 e. The minimum absolute atomic E-state index is 0.611. The van der Waals surface area contributed by atoms with Gasteiger partial charge >= 0.3 is 0 Å². The SMILES string of the molecule is C=Cn1cc(C=O)c(C)n1. The van der Waals surface area contributed by atoms with Crippen LogP contribution in [0.2, 0.25) is 0 Å². The zero-order chi connectivity index (χ0) is 7.56. The molecule has 0 bridgehead atoms. The van der Waals surface area contributed by atoms with Gasteiger partial charge in [0.25, 0.3) is 0 Å². The Labute approximate surface area is 59.0 Å². The summed E-state index contributed by atoms with van der Waals surface area (Å²) in [5.41, 5.74) is 1.34. The van der Waals surface area contributed by atoms with Crippen LogP contribution in [0.25, 0.3) is 6.20 Å². The van der Waals surface area contributed by atoms with Gasteiger partial charge in [-0.15, -0.1) is 0 Å². The second kappa shape index (κ2) is 2.47. The lowest BCUT2D eigenvalue weighted by Gasteiger charge is -1.82. The molecule has 0 aliphatic heterocycles. The first kappa shape index (κ1) is 6.74. The molecule has 52 valence electrons. The van der Waals surface area contributed by atoms with Crippen molar-refractivity contribution >= 4 is 12.5 Å². The molecule has 0 amide bonds. The topological polar surface area (TPSA) is 34.9 Å². The molecule has 0 aliphatic rings. The molecule has 1 aromatic heterocycles. The summed E-state index contributed by atoms with van der Waals surface area (Å²) >= 11 is 0. The number of carbonyl (C=O) groups is 1. The third-order valence-corrected chi connectivity index (χ3v) is 1.27. The molecule has 0 saturated heterocycles. The smallest absolute Gasteiger partial charge is 0.153 e. The summed E-state index contributed by atoms with van der Waals surface area (Å²) in [6.45, 7) is 5.29. The third-order valence-electron chi connectivity index (χ3n) is 1.27. The van der Waals surface area contributed by atoms with Crippen LogP contribution in [0.3, 0.4) is 0 Å². The van der Waals surface area contributed by atoms with E-state index in [9.17, 15) is 4.79 Å². The standard InChI is InChI=1S/C7H8N2O/c1-3-9-4-7(5-10)6(2)8-9/h3-5H,1H2,2H3. The number of aldehydes is 1. The summed E-state index contributed by atoms with van der Waals surface area (Å²) in [5.74, 6) is 0. The average molecular weight is 136 g/mol. The van der Waals surface area contributed by atoms with Gasteiger partial charge in [0.1, 0.15) is 0 Å². The molecule has 3 nitrogen and oxygen atoms in total. The van der Waals surface area contributed by atoms with E-state index in [-0.39, 0.29) is 0 Å². The fraction of sp³-hybridized carbons (Fsp3) is 0.143. The van der Waals surface area contributed by atoms with E-state index in [2.05, 4.69) is 11.7 Å². The predicted molar refractivity (Wildman–Crippen MR) is 38.7 cm³/mol. The molecular formula is C7H8N2O. The predicted octanol–water partition coefficient (Wildman–Crippen LogP) is 1.10. The molecule has 0 saturated carbocycles. The zero-order valence-corrected chi connectivity index (χ0v) is 5.74. The van der Waals surface area contributed by atoms with Crippen LogP contribution in [0.15, 0.2) is 12.8 Å². The summed E-state index contributed by atoms with van der Waals surface area (Å²) in [4.78, 5) is 10.3. The zero-order valence-electron chi connectivity index (χ0n) is 5.74. The molecule has 0 spiro atoms. The van der Waals surface area contributed by atoms with E-state index < -0.39 is 0 Å². The van der Waals surface area contributed by atoms with Gasteiger partial charge in [-0.3, -0.25) is 4.79 Å². The average Bonchev–Trinajstić information content (AvgIpc) is 2.30. The van der Waals surface area contributed by atoms with Crippen molar-refractivity contribution in [1.29, 1.82) is 0 Å². The van der Waals surface area contributed by atoms with E-state index in [1.54, 1.807) is 19.3 Å². The highest BCUT2D eigenvalue weighted by atomic mass is 16.1. The number of hydrogen-bond acceptors (Lipinski definition) is 2. The fourth-order valence-electron chi connectivity index (χ4n) is 0.705. The summed E-state index contributed by atoms with van der Waals surface area (Å²) in [6, 6.07) is 0. The van der Waals surface area contributed by atoms with Crippen LogP contribution < -0.4 is 0 Å². The van der Waals surface area contributed by atoms with E-state index in [4.69, 9.17) is 0 Å². The van der Waals surface area contributed by atoms with Gasteiger partial charge in [-0.1, -0.05) is 6.58 Å². The van der Waals surface area contributed by atoms with Crippen LogP contribution in [-0.4, -0.2) is 16.1 Å². The molecule has 0 unspecified atom stereocenters. The quantitative estimate of drug-likeness (QED) is 0.571. The molecule has 0 atom stereocenters. The minimum atomic E-state index is 0.611. The maximum atomic E-state index is 10.3. The number of nitrogens with zero attached hydrogens (tertiary/aromatic N) is 2. The lowest BCUT2D eigenvalue weighted by molar-refractivity contribution is 0.112. The summed E-state index contributed by atoms with van der Waals surface area (Å²) in [6.07, 6.45) is 3.96. The van der Waals surface area contributed by atoms with Crippen LogP contribution in [-0.2, 0) is 0 Å². The highest BCUT2D eigenvalue weighted by molar-refractivity contribution is 5.75. The maximum absolute atomic E-state index is 10.3. The Hall–Kier alpha value is -1.38. The first-order valence-corrected chi connectivity index (χ1v) is 2.91. The Morgan fingerprint density at radius 1 is 1.80 bits per heavy atom. The summed E-state index contributed by atoms with van der Waals surface area (Å²) in [5, 5.41) is 3.97. The van der Waals surface area contributed by atoms with E-state index >= 15 is 0 Å². The van der Waals surface area contributed by atoms with Crippen molar-refractivity contribution < 1.29 is 4.79 Å². The molecule has 1 rings (SSSR count). The Bertz CT molecular complexity index is 263. The van der Waals surface area contributed by atoms with Gasteiger partial charge in [0, 0.05) is 12.4 Å². The Balaban J connectivity index is 3.15. The number of hydrogen-bond donors (Lipinski definition) is 0. The molecule has 0 N–H and O–H groups in total. The van der Waals surface area contributed by atoms with E-state index in [0.717, 1.165) is 12.0 Å². The monoisotopic (exact) mass is 136 g/mol. The van der Waals surface area contributed by atoms with Crippen molar-refractivity contribution in [1.82, 2.24) is 9.78 Å². The molecular weight excluding hydrogens is 128 g/mol. The normalized spacial score (nSPS) is 9.30. The number of aryl methyl sites for hydroxylation is 1. The first-order chi connectivity index (χ1) is 4.77. The highest BCUT2D eigenvalue weighted by Crippen LogP contribution is 2.00. The van der Waals surface area contributed by atoms with Gasteiger partial charge < -0.3 is 0 Å². The van der Waals surface area contributed by atoms with E-state index in [1.165, 1.54) is 4.68 Å². The van der Waals surface area contributed by atoms with Gasteiger partial charge in [0.2, 0.25) is 0 Å². The van der Waals surface area contributed by atoms with Gasteiger partial charge in [-0.25, -0.2) is 4.68 Å². The first-order valence-electron chi connectivity index (χ1n) is 2.91. The van der Waals surface area contributed by atoms with Crippen molar-refractivity contribution in [3.05, 3.63) is 24.0 Å². The number of rotatable bonds is 2. The van der Waals surface area contributed by atoms with E-state index in [0.29, 0.717) is 5.56 Å². The highest BCUT2D eigenvalue weighted by Gasteiger charge is 1.99. The van der Waals surface area contributed by atoms with Crippen molar-refractivity contribution in [3.8, 4) is 0 Å². The van der Waals surface area contributed by atoms with Crippen LogP contribution in [0, 0.1) is 6.92 Å². The second-order valence-electron chi connectivity index (χ2n) is 1.95. The minimum Gasteiger partial charge on any atom is -0.298 e. The summed E-state index contributed by atoms with van der Waals surface area (Å²) in [7, 11) is 0. The van der Waals surface area contributed by atoms with Crippen molar-refractivity contribution in [3.63, 3.8) is 0 Å². The molecule has 0 aliphatic carbocycles. The van der Waals surface area contributed by atoms with Crippen molar-refractivity contribution in [2.45, 2.75) is 6.92 Å². The molecule has 0 fully saturated rings. The summed E-state index contributed by atoms with van der Waals surface area (Å²) < 4.78 is 1.51. The largest absolute Gasteiger partial charge is 0.298 e. The van der Waals surface area contributed by atoms with Crippen LogP contribution in [0.5, 0.6) is 0 Å². The third kappa shape index (κ3) is 0.978. The Kier molecular flexibility index (Phi) is 1.67. The van der Waals surface area contributed by atoms with Gasteiger partial charge in [0.15, 0.2) is 6.29 Å². The van der Waals surface area contributed by atoms with Crippen LogP contribution in [0.4, 0.5) is 0 Å². The molecule has 0 radical (unpaired) electrons. The van der Waals surface area contributed by atoms with Gasteiger partial charge in [-0.2, -0.15) is 5.10 Å². The second-order valence-corrected chi connectivity index (χ2v) is 1.95.